The van der Waals surface area contributed by atoms with Gasteiger partial charge in [0.15, 0.2) is 5.82 Å². The Labute approximate surface area is 214 Å². The van der Waals surface area contributed by atoms with Crippen molar-refractivity contribution in [2.75, 3.05) is 14.2 Å². The zero-order valence-corrected chi connectivity index (χ0v) is 20.3. The number of ether oxygens (including phenoxy) is 2. The van der Waals surface area contributed by atoms with E-state index in [2.05, 4.69) is 4.98 Å². The second-order valence-corrected chi connectivity index (χ2v) is 8.16. The van der Waals surface area contributed by atoms with Crippen LogP contribution in [0.1, 0.15) is 26.5 Å². The monoisotopic (exact) mass is 489 g/mol. The zero-order valence-electron chi connectivity index (χ0n) is 20.3. The van der Waals surface area contributed by atoms with Crippen molar-refractivity contribution in [1.82, 2.24) is 14.5 Å². The maximum atomic E-state index is 14.0. The minimum absolute atomic E-state index is 0.0108. The molecule has 0 N–H and O–H groups in total. The number of imidazole rings is 1. The summed E-state index contributed by atoms with van der Waals surface area (Å²) in [6, 6.07) is 26.7. The van der Waals surface area contributed by atoms with Gasteiger partial charge in [0.05, 0.1) is 25.6 Å². The second-order valence-electron chi connectivity index (χ2n) is 8.16. The van der Waals surface area contributed by atoms with E-state index in [1.165, 1.54) is 17.0 Å². The van der Waals surface area contributed by atoms with Crippen LogP contribution in [-0.4, -0.2) is 40.4 Å². The van der Waals surface area contributed by atoms with Crippen molar-refractivity contribution >= 4 is 11.7 Å². The predicted octanol–water partition coefficient (Wildman–Crippen LogP) is 5.55. The standard InChI is InChI=1S/C30H23N3O4/c1-36-24-12-8-20(9-13-24)26-27(21-10-14-25(37-2)15-11-21)33(30(35)23-6-4-3-5-7-23)29(32-26)28(34)22-16-18-31-19-17-22/h3-19H,1-2H3. The molecule has 5 aromatic rings. The van der Waals surface area contributed by atoms with Gasteiger partial charge in [-0.2, -0.15) is 0 Å². The topological polar surface area (TPSA) is 83.3 Å². The van der Waals surface area contributed by atoms with Crippen molar-refractivity contribution in [3.63, 3.8) is 0 Å². The molecule has 0 bridgehead atoms. The maximum absolute atomic E-state index is 14.0. The highest BCUT2D eigenvalue weighted by molar-refractivity contribution is 6.12. The van der Waals surface area contributed by atoms with Crippen molar-refractivity contribution in [3.05, 3.63) is 120 Å². The summed E-state index contributed by atoms with van der Waals surface area (Å²) in [6.45, 7) is 0. The fourth-order valence-corrected chi connectivity index (χ4v) is 4.08. The molecule has 0 aliphatic carbocycles. The highest BCUT2D eigenvalue weighted by Gasteiger charge is 2.29. The average molecular weight is 490 g/mol. The largest absolute Gasteiger partial charge is 0.497 e. The molecule has 0 amide bonds. The number of benzene rings is 3. The van der Waals surface area contributed by atoms with Gasteiger partial charge in [0.2, 0.25) is 5.78 Å². The summed E-state index contributed by atoms with van der Waals surface area (Å²) < 4.78 is 12.0. The van der Waals surface area contributed by atoms with Gasteiger partial charge in [-0.3, -0.25) is 19.1 Å². The van der Waals surface area contributed by atoms with Crippen LogP contribution in [0.5, 0.6) is 11.5 Å². The molecule has 2 aromatic heterocycles. The molecule has 3 aromatic carbocycles. The normalized spacial score (nSPS) is 10.6. The van der Waals surface area contributed by atoms with Crippen LogP contribution in [0.25, 0.3) is 22.5 Å². The number of hydrogen-bond acceptors (Lipinski definition) is 6. The molecule has 7 nitrogen and oxygen atoms in total. The molecule has 0 aliphatic rings. The lowest BCUT2D eigenvalue weighted by molar-refractivity contribution is 0.0932. The number of ketones is 1. The van der Waals surface area contributed by atoms with Gasteiger partial charge >= 0.3 is 0 Å². The van der Waals surface area contributed by atoms with E-state index in [4.69, 9.17) is 14.5 Å². The summed E-state index contributed by atoms with van der Waals surface area (Å²) in [4.78, 5) is 36.5. The Morgan fingerprint density at radius 2 is 1.24 bits per heavy atom. The average Bonchev–Trinajstić information content (AvgIpc) is 3.38. The van der Waals surface area contributed by atoms with E-state index in [9.17, 15) is 9.59 Å². The van der Waals surface area contributed by atoms with E-state index in [1.807, 2.05) is 54.6 Å². The molecular formula is C30H23N3O4. The first-order valence-electron chi connectivity index (χ1n) is 11.6. The number of methoxy groups -OCH3 is 2. The van der Waals surface area contributed by atoms with Gasteiger partial charge < -0.3 is 9.47 Å². The smallest absolute Gasteiger partial charge is 0.264 e. The number of aromatic nitrogens is 3. The van der Waals surface area contributed by atoms with Crippen molar-refractivity contribution in [2.24, 2.45) is 0 Å². The van der Waals surface area contributed by atoms with Gasteiger partial charge in [0, 0.05) is 34.6 Å². The van der Waals surface area contributed by atoms with Gasteiger partial charge in [-0.05, 0) is 72.8 Å². The molecule has 0 fully saturated rings. The van der Waals surface area contributed by atoms with Crippen molar-refractivity contribution in [1.29, 1.82) is 0 Å². The number of hydrogen-bond donors (Lipinski definition) is 0. The van der Waals surface area contributed by atoms with Crippen LogP contribution in [0.15, 0.2) is 103 Å². The SMILES string of the molecule is COc1ccc(-c2nc(C(=O)c3ccncc3)n(C(=O)c3ccccc3)c2-c2ccc(OC)cc2)cc1. The Bertz CT molecular complexity index is 1540. The Balaban J connectivity index is 1.81. The molecule has 7 heteroatoms. The summed E-state index contributed by atoms with van der Waals surface area (Å²) in [6.07, 6.45) is 3.07. The summed E-state index contributed by atoms with van der Waals surface area (Å²) in [5.41, 5.74) is 3.24. The van der Waals surface area contributed by atoms with Gasteiger partial charge in [-0.15, -0.1) is 0 Å². The molecule has 0 saturated heterocycles. The summed E-state index contributed by atoms with van der Waals surface area (Å²) >= 11 is 0. The van der Waals surface area contributed by atoms with Gasteiger partial charge in [-0.25, -0.2) is 4.98 Å². The molecule has 0 radical (unpaired) electrons. The molecule has 0 spiro atoms. The maximum Gasteiger partial charge on any atom is 0.264 e. The Hall–Kier alpha value is -5.04. The predicted molar refractivity (Wildman–Crippen MR) is 140 cm³/mol. The van der Waals surface area contributed by atoms with Crippen molar-refractivity contribution in [3.8, 4) is 34.0 Å². The third-order valence-electron chi connectivity index (χ3n) is 5.97. The van der Waals surface area contributed by atoms with E-state index in [-0.39, 0.29) is 17.5 Å². The molecule has 182 valence electrons. The molecule has 37 heavy (non-hydrogen) atoms. The summed E-state index contributed by atoms with van der Waals surface area (Å²) in [5.74, 6) is 0.611. The third-order valence-corrected chi connectivity index (χ3v) is 5.97. The van der Waals surface area contributed by atoms with Crippen molar-refractivity contribution in [2.45, 2.75) is 0 Å². The van der Waals surface area contributed by atoms with E-state index in [0.717, 1.165) is 5.56 Å². The number of rotatable bonds is 7. The number of carbonyl (C=O) groups excluding carboxylic acids is 2. The molecule has 0 unspecified atom stereocenters. The molecular weight excluding hydrogens is 466 g/mol. The summed E-state index contributed by atoms with van der Waals surface area (Å²) in [5, 5.41) is 0. The first-order valence-corrected chi connectivity index (χ1v) is 11.6. The fourth-order valence-electron chi connectivity index (χ4n) is 4.08. The number of carbonyl (C=O) groups is 2. The quantitative estimate of drug-likeness (QED) is 0.279. The van der Waals surface area contributed by atoms with Crippen LogP contribution in [0.4, 0.5) is 0 Å². The van der Waals surface area contributed by atoms with Crippen LogP contribution < -0.4 is 9.47 Å². The van der Waals surface area contributed by atoms with Crippen LogP contribution in [0.3, 0.4) is 0 Å². The highest BCUT2D eigenvalue weighted by atomic mass is 16.5. The van der Waals surface area contributed by atoms with Crippen LogP contribution in [0.2, 0.25) is 0 Å². The van der Waals surface area contributed by atoms with Gasteiger partial charge in [-0.1, -0.05) is 18.2 Å². The lowest BCUT2D eigenvalue weighted by Gasteiger charge is -2.12. The minimum atomic E-state index is -0.388. The first-order chi connectivity index (χ1) is 18.1. The summed E-state index contributed by atoms with van der Waals surface area (Å²) in [7, 11) is 3.18. The molecule has 2 heterocycles. The van der Waals surface area contributed by atoms with Crippen LogP contribution >= 0.6 is 0 Å². The number of nitrogens with zero attached hydrogens (tertiary/aromatic N) is 3. The number of pyridine rings is 1. The Morgan fingerprint density at radius 1 is 0.676 bits per heavy atom. The van der Waals surface area contributed by atoms with Crippen LogP contribution in [0, 0.1) is 0 Å². The van der Waals surface area contributed by atoms with E-state index < -0.39 is 0 Å². The lowest BCUT2D eigenvalue weighted by atomic mass is 10.0. The lowest BCUT2D eigenvalue weighted by Crippen LogP contribution is -2.20. The Kier molecular flexibility index (Phi) is 6.59. The van der Waals surface area contributed by atoms with Gasteiger partial charge in [0.25, 0.3) is 5.91 Å². The van der Waals surface area contributed by atoms with E-state index in [1.54, 1.807) is 50.6 Å². The van der Waals surface area contributed by atoms with E-state index >= 15 is 0 Å². The fraction of sp³-hybridized carbons (Fsp3) is 0.0667. The van der Waals surface area contributed by atoms with Crippen molar-refractivity contribution < 1.29 is 19.1 Å². The zero-order chi connectivity index (χ0) is 25.8. The van der Waals surface area contributed by atoms with Crippen LogP contribution in [-0.2, 0) is 0 Å². The minimum Gasteiger partial charge on any atom is -0.497 e. The Morgan fingerprint density at radius 3 is 1.81 bits per heavy atom. The molecule has 0 aliphatic heterocycles. The molecule has 5 rings (SSSR count). The highest BCUT2D eigenvalue weighted by Crippen LogP contribution is 2.35. The van der Waals surface area contributed by atoms with Gasteiger partial charge in [0.1, 0.15) is 11.5 Å². The second kappa shape index (κ2) is 10.3. The van der Waals surface area contributed by atoms with E-state index in [0.29, 0.717) is 39.6 Å². The molecule has 0 saturated carbocycles. The third kappa shape index (κ3) is 4.62. The first kappa shape index (κ1) is 23.7. The molecule has 0 atom stereocenters.